The van der Waals surface area contributed by atoms with Crippen LogP contribution in [0.3, 0.4) is 0 Å². The molecule has 2 fully saturated rings. The van der Waals surface area contributed by atoms with Crippen LogP contribution in [0.1, 0.15) is 56.0 Å². The van der Waals surface area contributed by atoms with Gasteiger partial charge in [-0.3, -0.25) is 4.90 Å². The van der Waals surface area contributed by atoms with E-state index >= 15 is 0 Å². The molecule has 2 unspecified atom stereocenters. The Morgan fingerprint density at radius 1 is 1.29 bits per heavy atom. The Morgan fingerprint density at radius 3 is 2.92 bits per heavy atom. The fourth-order valence-corrected chi connectivity index (χ4v) is 4.92. The average Bonchev–Trinajstić information content (AvgIpc) is 3.49. The van der Waals surface area contributed by atoms with E-state index in [0.717, 1.165) is 36.0 Å². The number of rotatable bonds is 4. The Balaban J connectivity index is 1.42. The molecule has 0 spiro atoms. The Hall–Kier alpha value is -1.53. The third kappa shape index (κ3) is 2.43. The highest BCUT2D eigenvalue weighted by Gasteiger charge is 2.40. The van der Waals surface area contributed by atoms with Gasteiger partial charge in [0.1, 0.15) is 5.82 Å². The van der Waals surface area contributed by atoms with Crippen LogP contribution in [0.25, 0.3) is 10.8 Å². The van der Waals surface area contributed by atoms with Crippen LogP contribution < -0.4 is 0 Å². The van der Waals surface area contributed by atoms with E-state index in [1.807, 2.05) is 0 Å². The first-order valence-corrected chi connectivity index (χ1v) is 9.89. The zero-order valence-electron chi connectivity index (χ0n) is 14.1. The van der Waals surface area contributed by atoms with Crippen molar-refractivity contribution in [1.29, 1.82) is 0 Å². The van der Waals surface area contributed by atoms with Crippen molar-refractivity contribution in [3.8, 4) is 10.8 Å². The molecule has 3 aliphatic rings. The lowest BCUT2D eigenvalue weighted by atomic mass is 10.0. The second kappa shape index (κ2) is 5.49. The quantitative estimate of drug-likeness (QED) is 0.631. The lowest BCUT2D eigenvalue weighted by Crippen LogP contribution is -2.22. The molecule has 2 aromatic heterocycles. The SMILES string of the molecule is C=CC1CN1[C@@H]1CCn2c(-c3nc(C4CC4)cs3)nnc2[C@@H](C)C1. The van der Waals surface area contributed by atoms with Crippen molar-refractivity contribution in [2.75, 3.05) is 6.54 Å². The van der Waals surface area contributed by atoms with E-state index < -0.39 is 0 Å². The molecule has 4 heterocycles. The summed E-state index contributed by atoms with van der Waals surface area (Å²) >= 11 is 1.72. The first-order valence-electron chi connectivity index (χ1n) is 9.01. The number of hydrogen-bond donors (Lipinski definition) is 0. The number of fused-ring (bicyclic) bond motifs is 1. The minimum atomic E-state index is 0.438. The monoisotopic (exact) mass is 341 g/mol. The van der Waals surface area contributed by atoms with Crippen LogP contribution in [0.4, 0.5) is 0 Å². The van der Waals surface area contributed by atoms with Crippen LogP contribution in [-0.2, 0) is 6.54 Å². The van der Waals surface area contributed by atoms with Gasteiger partial charge in [-0.1, -0.05) is 13.0 Å². The molecule has 126 valence electrons. The Bertz CT molecular complexity index is 774. The molecule has 6 heteroatoms. The molecule has 0 bridgehead atoms. The lowest BCUT2D eigenvalue weighted by Gasteiger charge is -2.18. The van der Waals surface area contributed by atoms with E-state index in [2.05, 4.69) is 44.6 Å². The highest BCUT2D eigenvalue weighted by Crippen LogP contribution is 2.42. The van der Waals surface area contributed by atoms with Crippen LogP contribution in [0.2, 0.25) is 0 Å². The summed E-state index contributed by atoms with van der Waals surface area (Å²) in [7, 11) is 0. The zero-order chi connectivity index (χ0) is 16.3. The summed E-state index contributed by atoms with van der Waals surface area (Å²) < 4.78 is 2.33. The molecule has 0 aromatic carbocycles. The zero-order valence-corrected chi connectivity index (χ0v) is 14.9. The van der Waals surface area contributed by atoms with E-state index in [9.17, 15) is 0 Å². The van der Waals surface area contributed by atoms with Crippen LogP contribution in [0, 0.1) is 0 Å². The smallest absolute Gasteiger partial charge is 0.193 e. The van der Waals surface area contributed by atoms with E-state index in [4.69, 9.17) is 4.98 Å². The predicted octanol–water partition coefficient (Wildman–Crippen LogP) is 3.42. The highest BCUT2D eigenvalue weighted by atomic mass is 32.1. The van der Waals surface area contributed by atoms with Crippen LogP contribution in [-0.4, -0.2) is 43.3 Å². The van der Waals surface area contributed by atoms with Gasteiger partial charge < -0.3 is 4.57 Å². The summed E-state index contributed by atoms with van der Waals surface area (Å²) in [6.45, 7) is 8.39. The van der Waals surface area contributed by atoms with Crippen molar-refractivity contribution in [1.82, 2.24) is 24.6 Å². The number of aromatic nitrogens is 4. The summed E-state index contributed by atoms with van der Waals surface area (Å²) in [6, 6.07) is 1.22. The third-order valence-electron chi connectivity index (χ3n) is 5.67. The maximum Gasteiger partial charge on any atom is 0.193 e. The van der Waals surface area contributed by atoms with E-state index in [1.54, 1.807) is 11.3 Å². The molecule has 0 amide bonds. The summed E-state index contributed by atoms with van der Waals surface area (Å²) in [5, 5.41) is 12.3. The molecule has 4 atom stereocenters. The van der Waals surface area contributed by atoms with Crippen molar-refractivity contribution in [3.63, 3.8) is 0 Å². The van der Waals surface area contributed by atoms with Gasteiger partial charge in [0.05, 0.1) is 5.69 Å². The Kier molecular flexibility index (Phi) is 3.38. The van der Waals surface area contributed by atoms with E-state index in [0.29, 0.717) is 23.9 Å². The predicted molar refractivity (Wildman–Crippen MR) is 95.2 cm³/mol. The molecule has 1 saturated heterocycles. The molecule has 5 nitrogen and oxygen atoms in total. The van der Waals surface area contributed by atoms with E-state index in [1.165, 1.54) is 25.1 Å². The minimum absolute atomic E-state index is 0.438. The van der Waals surface area contributed by atoms with Crippen molar-refractivity contribution in [2.24, 2.45) is 0 Å². The maximum atomic E-state index is 4.84. The van der Waals surface area contributed by atoms with Gasteiger partial charge in [-0.25, -0.2) is 4.98 Å². The van der Waals surface area contributed by atoms with Crippen molar-refractivity contribution < 1.29 is 0 Å². The maximum absolute atomic E-state index is 4.84. The van der Waals surface area contributed by atoms with Gasteiger partial charge in [-0.15, -0.1) is 28.1 Å². The van der Waals surface area contributed by atoms with Crippen LogP contribution >= 0.6 is 11.3 Å². The van der Waals surface area contributed by atoms with Gasteiger partial charge in [-0.05, 0) is 25.7 Å². The Morgan fingerprint density at radius 2 is 2.17 bits per heavy atom. The fourth-order valence-electron chi connectivity index (χ4n) is 4.02. The van der Waals surface area contributed by atoms with Crippen LogP contribution in [0.5, 0.6) is 0 Å². The lowest BCUT2D eigenvalue weighted by molar-refractivity contribution is 0.327. The molecule has 2 aliphatic heterocycles. The fraction of sp³-hybridized carbons (Fsp3) is 0.611. The molecule has 0 radical (unpaired) electrons. The molecule has 1 aliphatic carbocycles. The first kappa shape index (κ1) is 14.8. The topological polar surface area (TPSA) is 46.6 Å². The van der Waals surface area contributed by atoms with Crippen molar-refractivity contribution in [3.05, 3.63) is 29.6 Å². The summed E-state index contributed by atoms with van der Waals surface area (Å²) in [6.07, 6.45) is 6.98. The highest BCUT2D eigenvalue weighted by molar-refractivity contribution is 7.13. The van der Waals surface area contributed by atoms with Gasteiger partial charge in [0.15, 0.2) is 10.8 Å². The van der Waals surface area contributed by atoms with Gasteiger partial charge in [-0.2, -0.15) is 0 Å². The van der Waals surface area contributed by atoms with Crippen molar-refractivity contribution in [2.45, 2.75) is 63.1 Å². The Labute approximate surface area is 146 Å². The molecule has 24 heavy (non-hydrogen) atoms. The van der Waals surface area contributed by atoms with Gasteiger partial charge in [0.25, 0.3) is 0 Å². The summed E-state index contributed by atoms with van der Waals surface area (Å²) in [5.74, 6) is 3.24. The standard InChI is InChI=1S/C18H23N5S/c1-3-13-9-23(13)14-6-7-22-16(11(2)8-14)20-21-17(22)18-19-15(10-24-18)12-4-5-12/h3,10-14H,1,4-9H2,2H3/t11-,13?,14+,23?/m0/s1. The van der Waals surface area contributed by atoms with Gasteiger partial charge >= 0.3 is 0 Å². The van der Waals surface area contributed by atoms with Crippen LogP contribution in [0.15, 0.2) is 18.0 Å². The normalized spacial score (nSPS) is 32.2. The average molecular weight is 341 g/mol. The first-order chi connectivity index (χ1) is 11.7. The molecule has 5 rings (SSSR count). The van der Waals surface area contributed by atoms with Crippen molar-refractivity contribution >= 4 is 11.3 Å². The molecule has 2 aromatic rings. The summed E-state index contributed by atoms with van der Waals surface area (Å²) in [5.41, 5.74) is 1.25. The molecule has 1 saturated carbocycles. The number of thiazole rings is 1. The van der Waals surface area contributed by atoms with E-state index in [-0.39, 0.29) is 0 Å². The number of nitrogens with zero attached hydrogens (tertiary/aromatic N) is 5. The van der Waals surface area contributed by atoms with Gasteiger partial charge in [0.2, 0.25) is 0 Å². The molecular formula is C18H23N5S. The number of hydrogen-bond acceptors (Lipinski definition) is 5. The second-order valence-corrected chi connectivity index (χ2v) is 8.32. The van der Waals surface area contributed by atoms with Gasteiger partial charge in [0, 0.05) is 42.4 Å². The largest absolute Gasteiger partial charge is 0.309 e. The third-order valence-corrected chi connectivity index (χ3v) is 6.53. The minimum Gasteiger partial charge on any atom is -0.309 e. The molecule has 0 N–H and O–H groups in total. The second-order valence-electron chi connectivity index (χ2n) is 7.46. The summed E-state index contributed by atoms with van der Waals surface area (Å²) in [4.78, 5) is 7.41. The molecular weight excluding hydrogens is 318 g/mol.